The van der Waals surface area contributed by atoms with Gasteiger partial charge in [0.2, 0.25) is 0 Å². The van der Waals surface area contributed by atoms with Crippen LogP contribution in [0.5, 0.6) is 0 Å². The first-order chi connectivity index (χ1) is 12.2. The van der Waals surface area contributed by atoms with Crippen LogP contribution in [0.3, 0.4) is 0 Å². The number of benzene rings is 1. The Morgan fingerprint density at radius 2 is 2.12 bits per heavy atom. The zero-order valence-corrected chi connectivity index (χ0v) is 15.2. The van der Waals surface area contributed by atoms with Gasteiger partial charge in [0.05, 0.1) is 6.04 Å². The van der Waals surface area contributed by atoms with Gasteiger partial charge in [0.15, 0.2) is 0 Å². The van der Waals surface area contributed by atoms with Crippen molar-refractivity contribution < 1.29 is 9.53 Å². The van der Waals surface area contributed by atoms with Gasteiger partial charge in [0.1, 0.15) is 0 Å². The first-order valence-corrected chi connectivity index (χ1v) is 9.56. The summed E-state index contributed by atoms with van der Waals surface area (Å²) in [6.07, 6.45) is 4.44. The van der Waals surface area contributed by atoms with Crippen LogP contribution in [0.15, 0.2) is 30.3 Å². The fraction of sp³-hybridized carbons (Fsp3) is 0.650. The number of amides is 2. The van der Waals surface area contributed by atoms with Crippen molar-refractivity contribution in [2.45, 2.75) is 31.7 Å². The number of piperidine rings is 1. The van der Waals surface area contributed by atoms with Gasteiger partial charge in [-0.05, 0) is 56.7 Å². The van der Waals surface area contributed by atoms with E-state index in [1.165, 1.54) is 24.9 Å². The van der Waals surface area contributed by atoms with Gasteiger partial charge in [-0.1, -0.05) is 30.3 Å². The van der Waals surface area contributed by atoms with E-state index in [9.17, 15) is 4.79 Å². The van der Waals surface area contributed by atoms with Crippen LogP contribution in [0.4, 0.5) is 4.79 Å². The summed E-state index contributed by atoms with van der Waals surface area (Å²) in [7, 11) is 2.15. The smallest absolute Gasteiger partial charge is 0.315 e. The molecule has 0 spiro atoms. The Hall–Kier alpha value is -1.59. The molecule has 2 amide bonds. The van der Waals surface area contributed by atoms with Crippen LogP contribution in [0, 0.1) is 11.8 Å². The number of nitrogens with one attached hydrogen (secondary N) is 2. The number of carbonyl (C=O) groups excluding carboxylic acids is 1. The third kappa shape index (κ3) is 5.72. The predicted molar refractivity (Wildman–Crippen MR) is 99.5 cm³/mol. The van der Waals surface area contributed by atoms with Crippen LogP contribution >= 0.6 is 0 Å². The molecule has 2 aliphatic rings. The van der Waals surface area contributed by atoms with Crippen LogP contribution in [0.25, 0.3) is 0 Å². The molecule has 0 bridgehead atoms. The average molecular weight is 345 g/mol. The first-order valence-electron chi connectivity index (χ1n) is 9.56. The summed E-state index contributed by atoms with van der Waals surface area (Å²) in [6.45, 7) is 4.64. The highest BCUT2D eigenvalue weighted by atomic mass is 16.5. The van der Waals surface area contributed by atoms with Gasteiger partial charge < -0.3 is 20.3 Å². The number of rotatable bonds is 6. The minimum Gasteiger partial charge on any atom is -0.381 e. The fourth-order valence-electron chi connectivity index (χ4n) is 3.95. The molecule has 25 heavy (non-hydrogen) atoms. The lowest BCUT2D eigenvalue weighted by Crippen LogP contribution is -2.43. The number of likely N-dealkylation sites (tertiary alicyclic amines) is 1. The molecule has 3 rings (SSSR count). The maximum atomic E-state index is 12.5. The minimum absolute atomic E-state index is 0.0435. The molecule has 0 aromatic heterocycles. The minimum atomic E-state index is -0.0546. The number of nitrogens with zero attached hydrogens (tertiary/aromatic N) is 1. The Labute approximate surface area is 151 Å². The highest BCUT2D eigenvalue weighted by Gasteiger charge is 2.24. The molecule has 0 radical (unpaired) electrons. The van der Waals surface area contributed by atoms with Crippen LogP contribution < -0.4 is 10.6 Å². The Kier molecular flexibility index (Phi) is 6.70. The van der Waals surface area contributed by atoms with Crippen molar-refractivity contribution in [1.29, 1.82) is 0 Å². The van der Waals surface area contributed by atoms with Crippen molar-refractivity contribution in [1.82, 2.24) is 15.5 Å². The molecular formula is C20H31N3O2. The molecule has 0 aliphatic carbocycles. The highest BCUT2D eigenvalue weighted by molar-refractivity contribution is 5.74. The van der Waals surface area contributed by atoms with Crippen LogP contribution in [0.1, 0.15) is 37.3 Å². The van der Waals surface area contributed by atoms with E-state index in [0.29, 0.717) is 11.8 Å². The van der Waals surface area contributed by atoms with Crippen molar-refractivity contribution in [2.75, 3.05) is 39.9 Å². The topological polar surface area (TPSA) is 53.6 Å². The predicted octanol–water partition coefficient (Wildman–Crippen LogP) is 2.80. The van der Waals surface area contributed by atoms with Gasteiger partial charge in [-0.15, -0.1) is 0 Å². The van der Waals surface area contributed by atoms with Gasteiger partial charge in [-0.2, -0.15) is 0 Å². The van der Waals surface area contributed by atoms with Crippen LogP contribution in [0.2, 0.25) is 0 Å². The number of carbonyl (C=O) groups is 1. The largest absolute Gasteiger partial charge is 0.381 e. The van der Waals surface area contributed by atoms with E-state index in [1.807, 2.05) is 18.2 Å². The lowest BCUT2D eigenvalue weighted by molar-refractivity contribution is 0.180. The van der Waals surface area contributed by atoms with E-state index >= 15 is 0 Å². The number of urea groups is 1. The summed E-state index contributed by atoms with van der Waals surface area (Å²) in [6, 6.07) is 10.3. The Morgan fingerprint density at radius 3 is 2.84 bits per heavy atom. The standard InChI is InChI=1S/C20H31N3O2/c1-23-10-5-6-17(14-23)13-21-20(24)22-19(12-16-9-11-25-15-16)18-7-3-2-4-8-18/h2-4,7-8,16-17,19H,5-6,9-15H2,1H3,(H2,21,22,24)/t16-,17+,19-/m0/s1. The van der Waals surface area contributed by atoms with E-state index in [0.717, 1.165) is 39.1 Å². The Balaban J connectivity index is 1.52. The summed E-state index contributed by atoms with van der Waals surface area (Å²) in [5, 5.41) is 6.28. The molecule has 5 nitrogen and oxygen atoms in total. The Bertz CT molecular complexity index is 531. The van der Waals surface area contributed by atoms with Crippen LogP contribution in [-0.4, -0.2) is 50.8 Å². The second kappa shape index (κ2) is 9.20. The lowest BCUT2D eigenvalue weighted by atomic mass is 9.94. The molecule has 2 heterocycles. The second-order valence-corrected chi connectivity index (χ2v) is 7.55. The summed E-state index contributed by atoms with van der Waals surface area (Å²) in [4.78, 5) is 14.8. The maximum absolute atomic E-state index is 12.5. The number of hydrogen-bond donors (Lipinski definition) is 2. The molecule has 138 valence electrons. The normalized spacial score (nSPS) is 25.5. The lowest BCUT2D eigenvalue weighted by Gasteiger charge is -2.30. The zero-order chi connectivity index (χ0) is 17.5. The zero-order valence-electron chi connectivity index (χ0n) is 15.2. The molecule has 5 heteroatoms. The molecule has 2 aliphatic heterocycles. The second-order valence-electron chi connectivity index (χ2n) is 7.55. The van der Waals surface area contributed by atoms with Gasteiger partial charge >= 0.3 is 6.03 Å². The quantitative estimate of drug-likeness (QED) is 0.834. The third-order valence-corrected chi connectivity index (χ3v) is 5.37. The Morgan fingerprint density at radius 1 is 1.28 bits per heavy atom. The SMILES string of the molecule is CN1CCC[C@H](CNC(=O)N[C@@H](C[C@@H]2CCOC2)c2ccccc2)C1. The van der Waals surface area contributed by atoms with E-state index in [1.54, 1.807) is 0 Å². The highest BCUT2D eigenvalue weighted by Crippen LogP contribution is 2.26. The molecular weight excluding hydrogens is 314 g/mol. The van der Waals surface area contributed by atoms with Gasteiger partial charge in [-0.25, -0.2) is 4.79 Å². The molecule has 0 unspecified atom stereocenters. The van der Waals surface area contributed by atoms with Crippen molar-refractivity contribution in [3.63, 3.8) is 0 Å². The van der Waals surface area contributed by atoms with E-state index < -0.39 is 0 Å². The van der Waals surface area contributed by atoms with Crippen molar-refractivity contribution in [2.24, 2.45) is 11.8 Å². The molecule has 1 aromatic carbocycles. The van der Waals surface area contributed by atoms with Gasteiger partial charge in [-0.3, -0.25) is 0 Å². The maximum Gasteiger partial charge on any atom is 0.315 e. The molecule has 2 fully saturated rings. The third-order valence-electron chi connectivity index (χ3n) is 5.37. The summed E-state index contributed by atoms with van der Waals surface area (Å²) >= 11 is 0. The fourth-order valence-corrected chi connectivity index (χ4v) is 3.95. The first kappa shape index (κ1) is 18.2. The summed E-state index contributed by atoms with van der Waals surface area (Å²) in [5.74, 6) is 1.08. The van der Waals surface area contributed by atoms with Crippen LogP contribution in [-0.2, 0) is 4.74 Å². The van der Waals surface area contributed by atoms with Crippen molar-refractivity contribution in [3.05, 3.63) is 35.9 Å². The van der Waals surface area contributed by atoms with Gasteiger partial charge in [0, 0.05) is 26.3 Å². The van der Waals surface area contributed by atoms with Gasteiger partial charge in [0.25, 0.3) is 0 Å². The molecule has 0 saturated carbocycles. The number of hydrogen-bond acceptors (Lipinski definition) is 3. The summed E-state index contributed by atoms with van der Waals surface area (Å²) < 4.78 is 5.50. The molecule has 2 N–H and O–H groups in total. The monoisotopic (exact) mass is 345 g/mol. The molecule has 2 saturated heterocycles. The molecule has 3 atom stereocenters. The van der Waals surface area contributed by atoms with Crippen molar-refractivity contribution >= 4 is 6.03 Å². The molecule has 1 aromatic rings. The summed E-state index contributed by atoms with van der Waals surface area (Å²) in [5.41, 5.74) is 1.17. The van der Waals surface area contributed by atoms with Crippen molar-refractivity contribution in [3.8, 4) is 0 Å². The average Bonchev–Trinajstić information content (AvgIpc) is 3.13. The number of ether oxygens (including phenoxy) is 1. The van der Waals surface area contributed by atoms with E-state index in [2.05, 4.69) is 34.7 Å². The van der Waals surface area contributed by atoms with E-state index in [-0.39, 0.29) is 12.1 Å². The van der Waals surface area contributed by atoms with E-state index in [4.69, 9.17) is 4.74 Å².